The quantitative estimate of drug-likeness (QED) is 0.848. The highest BCUT2D eigenvalue weighted by Gasteiger charge is 2.34. The van der Waals surface area contributed by atoms with Gasteiger partial charge in [-0.1, -0.05) is 36.4 Å². The highest BCUT2D eigenvalue weighted by molar-refractivity contribution is 5.78. The van der Waals surface area contributed by atoms with Crippen LogP contribution in [-0.2, 0) is 11.2 Å². The summed E-state index contributed by atoms with van der Waals surface area (Å²) < 4.78 is 11.0. The lowest BCUT2D eigenvalue weighted by Gasteiger charge is -2.44. The van der Waals surface area contributed by atoms with Crippen LogP contribution in [0.1, 0.15) is 17.2 Å². The van der Waals surface area contributed by atoms with Crippen LogP contribution in [0.2, 0.25) is 0 Å². The first-order valence-corrected chi connectivity index (χ1v) is 9.11. The summed E-state index contributed by atoms with van der Waals surface area (Å²) in [6.45, 7) is 3.51. The fraction of sp³-hybridized carbons (Fsp3) is 0.381. The van der Waals surface area contributed by atoms with Crippen LogP contribution in [0.3, 0.4) is 0 Å². The van der Waals surface area contributed by atoms with Crippen LogP contribution >= 0.6 is 0 Å². The van der Waals surface area contributed by atoms with E-state index in [4.69, 9.17) is 9.47 Å². The van der Waals surface area contributed by atoms with Crippen LogP contribution in [-0.4, -0.2) is 55.6 Å². The maximum Gasteiger partial charge on any atom is 0.260 e. The Morgan fingerprint density at radius 2 is 1.81 bits per heavy atom. The molecule has 0 saturated carbocycles. The van der Waals surface area contributed by atoms with E-state index in [2.05, 4.69) is 29.2 Å². The minimum Gasteiger partial charge on any atom is -0.493 e. The third kappa shape index (κ3) is 3.27. The third-order valence-corrected chi connectivity index (χ3v) is 5.35. The van der Waals surface area contributed by atoms with Crippen molar-refractivity contribution in [2.75, 3.05) is 39.9 Å². The predicted molar refractivity (Wildman–Crippen MR) is 99.5 cm³/mol. The van der Waals surface area contributed by atoms with Gasteiger partial charge < -0.3 is 14.4 Å². The minimum atomic E-state index is 0.0265. The molecule has 0 N–H and O–H groups in total. The van der Waals surface area contributed by atoms with Gasteiger partial charge in [-0.3, -0.25) is 9.69 Å². The van der Waals surface area contributed by atoms with Crippen molar-refractivity contribution >= 4 is 5.91 Å². The number of methoxy groups -OCH3 is 1. The molecule has 1 unspecified atom stereocenters. The Bertz CT molecular complexity index is 792. The maximum atomic E-state index is 12.7. The average molecular weight is 352 g/mol. The molecule has 0 bridgehead atoms. The summed E-state index contributed by atoms with van der Waals surface area (Å²) in [5, 5.41) is 0. The van der Waals surface area contributed by atoms with Gasteiger partial charge in [0.15, 0.2) is 18.1 Å². The number of carbonyl (C=O) groups is 1. The molecule has 26 heavy (non-hydrogen) atoms. The lowest BCUT2D eigenvalue weighted by Crippen LogP contribution is -2.53. The normalized spacial score (nSPS) is 19.4. The zero-order valence-electron chi connectivity index (χ0n) is 15.1. The largest absolute Gasteiger partial charge is 0.493 e. The summed E-state index contributed by atoms with van der Waals surface area (Å²) in [7, 11) is 1.60. The number of fused-ring (bicyclic) bond motifs is 3. The summed E-state index contributed by atoms with van der Waals surface area (Å²) in [5.41, 5.74) is 2.77. The number of benzene rings is 2. The Labute approximate surface area is 154 Å². The number of rotatable bonds is 4. The SMILES string of the molecule is COc1ccccc1OCC(=O)N1CCN2CCc3ccccc3C2C1. The molecule has 0 spiro atoms. The summed E-state index contributed by atoms with van der Waals surface area (Å²) >= 11 is 0. The number of carbonyl (C=O) groups excluding carboxylic acids is 1. The molecule has 2 aliphatic rings. The van der Waals surface area contributed by atoms with Gasteiger partial charge in [-0.2, -0.15) is 0 Å². The first kappa shape index (κ1) is 16.9. The molecule has 2 aliphatic heterocycles. The van der Waals surface area contributed by atoms with Crippen LogP contribution in [0.15, 0.2) is 48.5 Å². The van der Waals surface area contributed by atoms with Crippen molar-refractivity contribution in [2.45, 2.75) is 12.5 Å². The highest BCUT2D eigenvalue weighted by Crippen LogP contribution is 2.32. The van der Waals surface area contributed by atoms with Crippen LogP contribution in [0, 0.1) is 0 Å². The second kappa shape index (κ2) is 7.38. The summed E-state index contributed by atoms with van der Waals surface area (Å²) in [5.74, 6) is 1.27. The monoisotopic (exact) mass is 352 g/mol. The van der Waals surface area contributed by atoms with E-state index in [1.807, 2.05) is 29.2 Å². The Kier molecular flexibility index (Phi) is 4.80. The summed E-state index contributed by atoms with van der Waals surface area (Å²) in [6.07, 6.45) is 1.09. The Morgan fingerprint density at radius 3 is 2.65 bits per heavy atom. The second-order valence-electron chi connectivity index (χ2n) is 6.78. The topological polar surface area (TPSA) is 42.0 Å². The molecule has 2 heterocycles. The zero-order chi connectivity index (χ0) is 17.9. The van der Waals surface area contributed by atoms with Crippen LogP contribution in [0.4, 0.5) is 0 Å². The van der Waals surface area contributed by atoms with Gasteiger partial charge in [0.05, 0.1) is 13.2 Å². The molecule has 1 atom stereocenters. The lowest BCUT2D eigenvalue weighted by molar-refractivity contribution is -0.136. The fourth-order valence-electron chi connectivity index (χ4n) is 3.93. The number of ether oxygens (including phenoxy) is 2. The van der Waals surface area contributed by atoms with E-state index in [-0.39, 0.29) is 12.5 Å². The molecule has 0 radical (unpaired) electrons. The smallest absolute Gasteiger partial charge is 0.260 e. The first-order chi connectivity index (χ1) is 12.8. The first-order valence-electron chi connectivity index (χ1n) is 9.11. The van der Waals surface area contributed by atoms with E-state index in [9.17, 15) is 4.79 Å². The van der Waals surface area contributed by atoms with Crippen molar-refractivity contribution in [2.24, 2.45) is 0 Å². The zero-order valence-corrected chi connectivity index (χ0v) is 15.1. The van der Waals surface area contributed by atoms with E-state index >= 15 is 0 Å². The summed E-state index contributed by atoms with van der Waals surface area (Å²) in [6, 6.07) is 16.3. The molecule has 2 aromatic rings. The van der Waals surface area contributed by atoms with Gasteiger partial charge in [-0.15, -0.1) is 0 Å². The Balaban J connectivity index is 1.42. The molecule has 1 saturated heterocycles. The molecule has 2 aromatic carbocycles. The second-order valence-corrected chi connectivity index (χ2v) is 6.78. The predicted octanol–water partition coefficient (Wildman–Crippen LogP) is 2.52. The van der Waals surface area contributed by atoms with E-state index in [0.29, 0.717) is 17.5 Å². The Morgan fingerprint density at radius 1 is 1.04 bits per heavy atom. The summed E-state index contributed by atoms with van der Waals surface area (Å²) in [4.78, 5) is 17.1. The van der Waals surface area contributed by atoms with Crippen LogP contribution < -0.4 is 9.47 Å². The highest BCUT2D eigenvalue weighted by atomic mass is 16.5. The third-order valence-electron chi connectivity index (χ3n) is 5.35. The molecule has 4 rings (SSSR count). The number of piperazine rings is 1. The van der Waals surface area contributed by atoms with Gasteiger partial charge in [-0.05, 0) is 29.7 Å². The molecule has 5 heteroatoms. The van der Waals surface area contributed by atoms with Crippen molar-refractivity contribution < 1.29 is 14.3 Å². The number of hydrogen-bond acceptors (Lipinski definition) is 4. The van der Waals surface area contributed by atoms with Gasteiger partial charge in [0.25, 0.3) is 5.91 Å². The van der Waals surface area contributed by atoms with Gasteiger partial charge in [-0.25, -0.2) is 0 Å². The molecule has 1 fully saturated rings. The molecule has 136 valence electrons. The number of para-hydroxylation sites is 2. The van der Waals surface area contributed by atoms with Crippen molar-refractivity contribution in [3.63, 3.8) is 0 Å². The number of amides is 1. The van der Waals surface area contributed by atoms with Gasteiger partial charge in [0, 0.05) is 26.2 Å². The molecule has 0 aliphatic carbocycles. The standard InChI is InChI=1S/C21H24N2O3/c1-25-19-8-4-5-9-20(19)26-15-21(24)23-13-12-22-11-10-16-6-2-3-7-17(16)18(22)14-23/h2-9,18H,10-15H2,1H3. The van der Waals surface area contributed by atoms with E-state index in [1.54, 1.807) is 7.11 Å². The van der Waals surface area contributed by atoms with Crippen molar-refractivity contribution in [3.8, 4) is 11.5 Å². The van der Waals surface area contributed by atoms with Gasteiger partial charge in [0.2, 0.25) is 0 Å². The molecule has 5 nitrogen and oxygen atoms in total. The molecular weight excluding hydrogens is 328 g/mol. The van der Waals surface area contributed by atoms with E-state index < -0.39 is 0 Å². The molecular formula is C21H24N2O3. The number of nitrogens with zero attached hydrogens (tertiary/aromatic N) is 2. The van der Waals surface area contributed by atoms with E-state index in [0.717, 1.165) is 32.6 Å². The van der Waals surface area contributed by atoms with Gasteiger partial charge in [0.1, 0.15) is 0 Å². The lowest BCUT2D eigenvalue weighted by atomic mass is 9.91. The molecule has 1 amide bonds. The van der Waals surface area contributed by atoms with Crippen molar-refractivity contribution in [3.05, 3.63) is 59.7 Å². The Hall–Kier alpha value is -2.53. The molecule has 0 aromatic heterocycles. The fourth-order valence-corrected chi connectivity index (χ4v) is 3.93. The van der Waals surface area contributed by atoms with Crippen molar-refractivity contribution in [1.29, 1.82) is 0 Å². The average Bonchev–Trinajstić information content (AvgIpc) is 2.71. The maximum absolute atomic E-state index is 12.7. The number of hydrogen-bond donors (Lipinski definition) is 0. The minimum absolute atomic E-state index is 0.0265. The van der Waals surface area contributed by atoms with Crippen LogP contribution in [0.5, 0.6) is 11.5 Å². The van der Waals surface area contributed by atoms with E-state index in [1.165, 1.54) is 11.1 Å². The van der Waals surface area contributed by atoms with Crippen LogP contribution in [0.25, 0.3) is 0 Å². The van der Waals surface area contributed by atoms with Crippen molar-refractivity contribution in [1.82, 2.24) is 9.80 Å². The van der Waals surface area contributed by atoms with Gasteiger partial charge >= 0.3 is 0 Å².